The SMILES string of the molecule is CC/C=C\C/C=C\C/C=C\C/C=C\CCCCCCCCCCCCC(=O)OCC(COC(=O)CCCCCCC/C=C\CCCCCCC)OC(=O)CCCCCCCCCCC/C=C\C/C=C\CCCCCCC. The Morgan fingerprint density at radius 2 is 0.513 bits per heavy atom. The molecule has 76 heavy (non-hydrogen) atoms. The molecule has 0 amide bonds. The first kappa shape index (κ1) is 72.6. The lowest BCUT2D eigenvalue weighted by Crippen LogP contribution is -2.30. The van der Waals surface area contributed by atoms with Gasteiger partial charge < -0.3 is 14.2 Å². The van der Waals surface area contributed by atoms with Crippen LogP contribution in [0.5, 0.6) is 0 Å². The number of esters is 3. The first-order chi connectivity index (χ1) is 37.5. The minimum absolute atomic E-state index is 0.0818. The Morgan fingerprint density at radius 1 is 0.276 bits per heavy atom. The number of allylic oxidation sites excluding steroid dienone is 14. The molecule has 0 heterocycles. The van der Waals surface area contributed by atoms with E-state index in [4.69, 9.17) is 14.2 Å². The largest absolute Gasteiger partial charge is 0.462 e. The molecule has 0 aromatic heterocycles. The van der Waals surface area contributed by atoms with Gasteiger partial charge in [0.15, 0.2) is 6.10 Å². The highest BCUT2D eigenvalue weighted by molar-refractivity contribution is 5.71. The molecule has 0 aromatic rings. The highest BCUT2D eigenvalue weighted by Gasteiger charge is 2.19. The van der Waals surface area contributed by atoms with E-state index >= 15 is 0 Å². The van der Waals surface area contributed by atoms with Crippen molar-refractivity contribution in [1.82, 2.24) is 0 Å². The fourth-order valence-electron chi connectivity index (χ4n) is 9.23. The van der Waals surface area contributed by atoms with Gasteiger partial charge in [-0.25, -0.2) is 0 Å². The van der Waals surface area contributed by atoms with Crippen LogP contribution < -0.4 is 0 Å². The van der Waals surface area contributed by atoms with Gasteiger partial charge in [0, 0.05) is 19.3 Å². The average molecular weight is 1060 g/mol. The van der Waals surface area contributed by atoms with Crippen LogP contribution in [-0.2, 0) is 28.6 Å². The van der Waals surface area contributed by atoms with Crippen LogP contribution in [-0.4, -0.2) is 37.2 Å². The Balaban J connectivity index is 4.35. The van der Waals surface area contributed by atoms with Crippen molar-refractivity contribution in [1.29, 1.82) is 0 Å². The van der Waals surface area contributed by atoms with Crippen LogP contribution in [0.15, 0.2) is 85.1 Å². The summed E-state index contributed by atoms with van der Waals surface area (Å²) in [5.74, 6) is -0.885. The third-order valence-electron chi connectivity index (χ3n) is 14.1. The molecular weight excluding hydrogens is 937 g/mol. The Labute approximate surface area is 471 Å². The predicted octanol–water partition coefficient (Wildman–Crippen LogP) is 22.3. The summed E-state index contributed by atoms with van der Waals surface area (Å²) in [5.41, 5.74) is 0. The maximum Gasteiger partial charge on any atom is 0.306 e. The van der Waals surface area contributed by atoms with Crippen LogP contribution in [0.4, 0.5) is 0 Å². The fourth-order valence-corrected chi connectivity index (χ4v) is 9.23. The quantitative estimate of drug-likeness (QED) is 0.0261. The summed E-state index contributed by atoms with van der Waals surface area (Å²) in [4.78, 5) is 38.3. The molecule has 0 aliphatic rings. The lowest BCUT2D eigenvalue weighted by atomic mass is 10.1. The van der Waals surface area contributed by atoms with Crippen LogP contribution in [0.3, 0.4) is 0 Å². The first-order valence-electron chi connectivity index (χ1n) is 32.6. The van der Waals surface area contributed by atoms with Gasteiger partial charge in [-0.2, -0.15) is 0 Å². The summed E-state index contributed by atoms with van der Waals surface area (Å²) < 4.78 is 16.9. The number of ether oxygens (including phenoxy) is 3. The number of carbonyl (C=O) groups excluding carboxylic acids is 3. The van der Waals surface area contributed by atoms with Gasteiger partial charge in [0.1, 0.15) is 13.2 Å². The molecule has 0 fully saturated rings. The Bertz CT molecular complexity index is 1450. The normalized spacial score (nSPS) is 12.6. The van der Waals surface area contributed by atoms with Crippen LogP contribution in [0, 0.1) is 0 Å². The summed E-state index contributed by atoms with van der Waals surface area (Å²) in [7, 11) is 0. The second kappa shape index (κ2) is 64.1. The standard InChI is InChI=1S/C70H122O6/c1-4-7-10-13-16-19-22-25-28-30-32-34-35-37-38-40-42-45-48-51-54-57-60-63-69(72)75-66-67(65-74-68(71)62-59-56-53-50-47-44-27-24-21-18-15-12-9-6-3)76-70(73)64-61-58-55-52-49-46-43-41-39-36-33-31-29-26-23-20-17-14-11-8-5-2/h7,10,16,19,23-28,31-34,67H,4-6,8-9,11-15,17-18,20-22,29-30,35-66H2,1-3H3/b10-7-,19-16-,26-23-,27-24-,28-25-,33-31-,34-32-. The molecule has 0 radical (unpaired) electrons. The highest BCUT2D eigenvalue weighted by atomic mass is 16.6. The van der Waals surface area contributed by atoms with Gasteiger partial charge in [-0.3, -0.25) is 14.4 Å². The maximum absolute atomic E-state index is 12.9. The Kier molecular flexibility index (Phi) is 61.2. The summed E-state index contributed by atoms with van der Waals surface area (Å²) in [5, 5.41) is 0. The lowest BCUT2D eigenvalue weighted by Gasteiger charge is -2.18. The minimum Gasteiger partial charge on any atom is -0.462 e. The summed E-state index contributed by atoms with van der Waals surface area (Å²) in [6, 6.07) is 0. The van der Waals surface area contributed by atoms with Crippen LogP contribution in [0.2, 0.25) is 0 Å². The van der Waals surface area contributed by atoms with E-state index in [2.05, 4.69) is 106 Å². The smallest absolute Gasteiger partial charge is 0.306 e. The zero-order valence-electron chi connectivity index (χ0n) is 50.3. The van der Waals surface area contributed by atoms with E-state index < -0.39 is 6.10 Å². The average Bonchev–Trinajstić information content (AvgIpc) is 3.42. The molecule has 6 heteroatoms. The summed E-state index contributed by atoms with van der Waals surface area (Å²) in [6.07, 6.45) is 84.4. The van der Waals surface area contributed by atoms with Crippen LogP contribution in [0.1, 0.15) is 323 Å². The van der Waals surface area contributed by atoms with Gasteiger partial charge in [0.25, 0.3) is 0 Å². The number of carbonyl (C=O) groups is 3. The van der Waals surface area contributed by atoms with Crippen molar-refractivity contribution in [3.8, 4) is 0 Å². The summed E-state index contributed by atoms with van der Waals surface area (Å²) >= 11 is 0. The van der Waals surface area contributed by atoms with E-state index in [0.717, 1.165) is 96.3 Å². The molecule has 0 spiro atoms. The molecule has 0 saturated heterocycles. The van der Waals surface area contributed by atoms with Crippen molar-refractivity contribution in [2.75, 3.05) is 13.2 Å². The van der Waals surface area contributed by atoms with Gasteiger partial charge >= 0.3 is 17.9 Å². The highest BCUT2D eigenvalue weighted by Crippen LogP contribution is 2.16. The van der Waals surface area contributed by atoms with Gasteiger partial charge in [0.05, 0.1) is 0 Å². The Morgan fingerprint density at radius 3 is 0.816 bits per heavy atom. The minimum atomic E-state index is -0.785. The fraction of sp³-hybridized carbons (Fsp3) is 0.757. The van der Waals surface area contributed by atoms with E-state index in [1.165, 1.54) is 186 Å². The number of hydrogen-bond donors (Lipinski definition) is 0. The number of unbranched alkanes of at least 4 members (excludes halogenated alkanes) is 34. The van der Waals surface area contributed by atoms with E-state index in [-0.39, 0.29) is 31.1 Å². The lowest BCUT2D eigenvalue weighted by molar-refractivity contribution is -0.167. The van der Waals surface area contributed by atoms with Gasteiger partial charge in [-0.05, 0) is 116 Å². The molecule has 1 atom stereocenters. The first-order valence-corrected chi connectivity index (χ1v) is 32.6. The monoisotopic (exact) mass is 1060 g/mol. The maximum atomic E-state index is 12.9. The van der Waals surface area contributed by atoms with Crippen molar-refractivity contribution in [3.05, 3.63) is 85.1 Å². The number of rotatable bonds is 59. The summed E-state index contributed by atoms with van der Waals surface area (Å²) in [6.45, 7) is 6.53. The molecule has 0 aliphatic carbocycles. The van der Waals surface area contributed by atoms with Gasteiger partial charge in [-0.15, -0.1) is 0 Å². The van der Waals surface area contributed by atoms with Crippen molar-refractivity contribution >= 4 is 17.9 Å². The molecule has 0 rings (SSSR count). The Hall–Kier alpha value is -3.41. The predicted molar refractivity (Wildman–Crippen MR) is 330 cm³/mol. The van der Waals surface area contributed by atoms with Crippen molar-refractivity contribution < 1.29 is 28.6 Å². The molecule has 6 nitrogen and oxygen atoms in total. The van der Waals surface area contributed by atoms with E-state index in [1.54, 1.807) is 0 Å². The third-order valence-corrected chi connectivity index (χ3v) is 14.1. The van der Waals surface area contributed by atoms with Gasteiger partial charge in [0.2, 0.25) is 0 Å². The van der Waals surface area contributed by atoms with Crippen molar-refractivity contribution in [2.24, 2.45) is 0 Å². The topological polar surface area (TPSA) is 78.9 Å². The second-order valence-corrected chi connectivity index (χ2v) is 21.6. The molecule has 0 bridgehead atoms. The van der Waals surface area contributed by atoms with E-state index in [0.29, 0.717) is 19.3 Å². The molecule has 0 saturated carbocycles. The van der Waals surface area contributed by atoms with Gasteiger partial charge in [-0.1, -0.05) is 273 Å². The second-order valence-electron chi connectivity index (χ2n) is 21.6. The third kappa shape index (κ3) is 61.4. The molecular formula is C70H122O6. The zero-order valence-corrected chi connectivity index (χ0v) is 50.3. The van der Waals surface area contributed by atoms with Crippen LogP contribution in [0.25, 0.3) is 0 Å². The van der Waals surface area contributed by atoms with E-state index in [1.807, 2.05) is 0 Å². The molecule has 438 valence electrons. The zero-order chi connectivity index (χ0) is 55.0. The van der Waals surface area contributed by atoms with E-state index in [9.17, 15) is 14.4 Å². The molecule has 0 aromatic carbocycles. The van der Waals surface area contributed by atoms with Crippen molar-refractivity contribution in [3.63, 3.8) is 0 Å². The molecule has 1 unspecified atom stereocenters. The van der Waals surface area contributed by atoms with Crippen LogP contribution >= 0.6 is 0 Å². The molecule has 0 N–H and O–H groups in total. The number of hydrogen-bond acceptors (Lipinski definition) is 6. The molecule has 0 aliphatic heterocycles. The van der Waals surface area contributed by atoms with Crippen molar-refractivity contribution in [2.45, 2.75) is 329 Å².